The van der Waals surface area contributed by atoms with Gasteiger partial charge in [-0.3, -0.25) is 9.59 Å². The molecular formula is C18H23Cl2N3O2. The number of rotatable bonds is 4. The summed E-state index contributed by atoms with van der Waals surface area (Å²) in [4.78, 5) is 28.6. The van der Waals surface area contributed by atoms with E-state index >= 15 is 0 Å². The predicted octanol–water partition coefficient (Wildman–Crippen LogP) is 2.67. The first kappa shape index (κ1) is 18.5. The molecule has 0 aliphatic carbocycles. The van der Waals surface area contributed by atoms with Crippen LogP contribution in [0.15, 0.2) is 18.2 Å². The lowest BCUT2D eigenvalue weighted by Gasteiger charge is -2.35. The third kappa shape index (κ3) is 4.66. The van der Waals surface area contributed by atoms with Gasteiger partial charge in [-0.25, -0.2) is 0 Å². The van der Waals surface area contributed by atoms with E-state index < -0.39 is 0 Å². The first-order valence-corrected chi connectivity index (χ1v) is 9.53. The van der Waals surface area contributed by atoms with Gasteiger partial charge in [0.25, 0.3) is 5.91 Å². The van der Waals surface area contributed by atoms with E-state index in [1.54, 1.807) is 23.1 Å². The lowest BCUT2D eigenvalue weighted by atomic mass is 10.0. The van der Waals surface area contributed by atoms with Crippen LogP contribution in [0.25, 0.3) is 0 Å². The lowest BCUT2D eigenvalue weighted by Crippen LogP contribution is -2.50. The normalized spacial score (nSPS) is 20.8. The Bertz CT molecular complexity index is 639. The van der Waals surface area contributed by atoms with E-state index in [1.165, 1.54) is 0 Å². The number of piperazine rings is 1. The third-order valence-electron chi connectivity index (χ3n) is 5.01. The molecule has 1 aromatic carbocycles. The second kappa shape index (κ2) is 8.39. The van der Waals surface area contributed by atoms with Gasteiger partial charge in [-0.05, 0) is 50.0 Å². The molecule has 1 atom stereocenters. The van der Waals surface area contributed by atoms with Gasteiger partial charge < -0.3 is 15.1 Å². The monoisotopic (exact) mass is 383 g/mol. The minimum Gasteiger partial charge on any atom is -0.339 e. The standard InChI is InChI=1S/C18H23Cl2N3O2/c19-14-2-3-15(16(20)11-14)18(25)23-9-7-22(8-10-23)17(24)4-1-13-5-6-21-12-13/h2-3,11,13,21H,1,4-10,12H2. The summed E-state index contributed by atoms with van der Waals surface area (Å²) in [5.41, 5.74) is 0.458. The van der Waals surface area contributed by atoms with E-state index in [9.17, 15) is 9.59 Å². The van der Waals surface area contributed by atoms with Crippen molar-refractivity contribution in [2.45, 2.75) is 19.3 Å². The largest absolute Gasteiger partial charge is 0.339 e. The predicted molar refractivity (Wildman–Crippen MR) is 99.2 cm³/mol. The van der Waals surface area contributed by atoms with E-state index in [-0.39, 0.29) is 11.8 Å². The average molecular weight is 384 g/mol. The molecule has 2 amide bonds. The van der Waals surface area contributed by atoms with Crippen molar-refractivity contribution in [3.8, 4) is 0 Å². The highest BCUT2D eigenvalue weighted by Crippen LogP contribution is 2.23. The van der Waals surface area contributed by atoms with Crippen LogP contribution < -0.4 is 5.32 Å². The second-order valence-electron chi connectivity index (χ2n) is 6.69. The van der Waals surface area contributed by atoms with Crippen molar-refractivity contribution in [1.82, 2.24) is 15.1 Å². The maximum Gasteiger partial charge on any atom is 0.255 e. The van der Waals surface area contributed by atoms with E-state index in [2.05, 4.69) is 5.32 Å². The van der Waals surface area contributed by atoms with E-state index in [4.69, 9.17) is 23.2 Å². The number of carbonyl (C=O) groups excluding carboxylic acids is 2. The van der Waals surface area contributed by atoms with Gasteiger partial charge in [0, 0.05) is 37.6 Å². The van der Waals surface area contributed by atoms with Gasteiger partial charge in [0.15, 0.2) is 0 Å². The number of nitrogens with zero attached hydrogens (tertiary/aromatic N) is 2. The molecule has 2 aliphatic rings. The highest BCUT2D eigenvalue weighted by Gasteiger charge is 2.26. The Morgan fingerprint density at radius 1 is 1.12 bits per heavy atom. The van der Waals surface area contributed by atoms with Crippen molar-refractivity contribution in [3.05, 3.63) is 33.8 Å². The summed E-state index contributed by atoms with van der Waals surface area (Å²) in [5, 5.41) is 4.20. The molecule has 2 aliphatic heterocycles. The zero-order chi connectivity index (χ0) is 17.8. The molecular weight excluding hydrogens is 361 g/mol. The van der Waals surface area contributed by atoms with Crippen LogP contribution in [0.2, 0.25) is 10.0 Å². The minimum absolute atomic E-state index is 0.106. The molecule has 3 rings (SSSR count). The van der Waals surface area contributed by atoms with Crippen molar-refractivity contribution < 1.29 is 9.59 Å². The zero-order valence-corrected chi connectivity index (χ0v) is 15.7. The van der Waals surface area contributed by atoms with Gasteiger partial charge >= 0.3 is 0 Å². The topological polar surface area (TPSA) is 52.7 Å². The molecule has 0 bridgehead atoms. The smallest absolute Gasteiger partial charge is 0.255 e. The number of benzene rings is 1. The van der Waals surface area contributed by atoms with Crippen LogP contribution in [-0.4, -0.2) is 60.9 Å². The number of halogens is 2. The Balaban J connectivity index is 1.49. The molecule has 0 spiro atoms. The summed E-state index contributed by atoms with van der Waals surface area (Å²) in [6.07, 6.45) is 2.71. The molecule has 1 unspecified atom stereocenters. The molecule has 2 saturated heterocycles. The minimum atomic E-state index is -0.106. The Morgan fingerprint density at radius 2 is 1.84 bits per heavy atom. The maximum absolute atomic E-state index is 12.6. The Hall–Kier alpha value is -1.30. The van der Waals surface area contributed by atoms with E-state index in [0.717, 1.165) is 25.9 Å². The van der Waals surface area contributed by atoms with Crippen LogP contribution in [0.4, 0.5) is 0 Å². The Labute approximate surface area is 158 Å². The van der Waals surface area contributed by atoms with Crippen molar-refractivity contribution in [2.24, 2.45) is 5.92 Å². The van der Waals surface area contributed by atoms with Crippen LogP contribution in [-0.2, 0) is 4.79 Å². The number of nitrogens with one attached hydrogen (secondary N) is 1. The van der Waals surface area contributed by atoms with Crippen LogP contribution >= 0.6 is 23.2 Å². The number of carbonyl (C=O) groups is 2. The lowest BCUT2D eigenvalue weighted by molar-refractivity contribution is -0.132. The summed E-state index contributed by atoms with van der Waals surface area (Å²) >= 11 is 12.0. The highest BCUT2D eigenvalue weighted by molar-refractivity contribution is 6.36. The van der Waals surface area contributed by atoms with Gasteiger partial charge in [-0.15, -0.1) is 0 Å². The fourth-order valence-corrected chi connectivity index (χ4v) is 3.93. The molecule has 0 aromatic heterocycles. The molecule has 5 nitrogen and oxygen atoms in total. The van der Waals surface area contributed by atoms with Crippen molar-refractivity contribution in [3.63, 3.8) is 0 Å². The van der Waals surface area contributed by atoms with E-state index in [1.807, 2.05) is 4.90 Å². The van der Waals surface area contributed by atoms with Crippen LogP contribution in [0, 0.1) is 5.92 Å². The Kier molecular flexibility index (Phi) is 6.20. The number of hydrogen-bond acceptors (Lipinski definition) is 3. The highest BCUT2D eigenvalue weighted by atomic mass is 35.5. The summed E-state index contributed by atoms with van der Waals surface area (Å²) in [7, 11) is 0. The summed E-state index contributed by atoms with van der Waals surface area (Å²) in [5.74, 6) is 0.716. The summed E-state index contributed by atoms with van der Waals surface area (Å²) in [6.45, 7) is 4.32. The van der Waals surface area contributed by atoms with Crippen LogP contribution in [0.5, 0.6) is 0 Å². The first-order valence-electron chi connectivity index (χ1n) is 8.77. The summed E-state index contributed by atoms with van der Waals surface area (Å²) < 4.78 is 0. The van der Waals surface area contributed by atoms with Gasteiger partial charge in [-0.2, -0.15) is 0 Å². The molecule has 7 heteroatoms. The molecule has 1 aromatic rings. The van der Waals surface area contributed by atoms with Gasteiger partial charge in [0.2, 0.25) is 5.91 Å². The molecule has 0 saturated carbocycles. The fourth-order valence-electron chi connectivity index (χ4n) is 3.44. The first-order chi connectivity index (χ1) is 12.0. The quantitative estimate of drug-likeness (QED) is 0.869. The van der Waals surface area contributed by atoms with Crippen molar-refractivity contribution >= 4 is 35.0 Å². The number of hydrogen-bond donors (Lipinski definition) is 1. The molecule has 0 radical (unpaired) electrons. The second-order valence-corrected chi connectivity index (χ2v) is 7.54. The third-order valence-corrected chi connectivity index (χ3v) is 5.56. The molecule has 136 valence electrons. The van der Waals surface area contributed by atoms with Crippen molar-refractivity contribution in [1.29, 1.82) is 0 Å². The fraction of sp³-hybridized carbons (Fsp3) is 0.556. The Morgan fingerprint density at radius 3 is 2.48 bits per heavy atom. The van der Waals surface area contributed by atoms with Gasteiger partial charge in [-0.1, -0.05) is 23.2 Å². The van der Waals surface area contributed by atoms with Crippen LogP contribution in [0.1, 0.15) is 29.6 Å². The SMILES string of the molecule is O=C(CCC1CCNC1)N1CCN(C(=O)c2ccc(Cl)cc2Cl)CC1. The van der Waals surface area contributed by atoms with Gasteiger partial charge in [0.1, 0.15) is 0 Å². The van der Waals surface area contributed by atoms with E-state index in [0.29, 0.717) is 54.1 Å². The zero-order valence-electron chi connectivity index (χ0n) is 14.1. The molecule has 2 heterocycles. The van der Waals surface area contributed by atoms with Crippen molar-refractivity contribution in [2.75, 3.05) is 39.3 Å². The van der Waals surface area contributed by atoms with Crippen LogP contribution in [0.3, 0.4) is 0 Å². The molecule has 1 N–H and O–H groups in total. The summed E-state index contributed by atoms with van der Waals surface area (Å²) in [6, 6.07) is 4.90. The number of amides is 2. The molecule has 25 heavy (non-hydrogen) atoms. The molecule has 2 fully saturated rings. The average Bonchev–Trinajstić information content (AvgIpc) is 3.13. The van der Waals surface area contributed by atoms with Gasteiger partial charge in [0.05, 0.1) is 10.6 Å². The maximum atomic E-state index is 12.6.